The Bertz CT molecular complexity index is 415. The van der Waals surface area contributed by atoms with Crippen LogP contribution in [0.4, 0.5) is 0 Å². The van der Waals surface area contributed by atoms with Crippen molar-refractivity contribution >= 4 is 11.9 Å². The van der Waals surface area contributed by atoms with Gasteiger partial charge in [0.1, 0.15) is 0 Å². The van der Waals surface area contributed by atoms with Crippen molar-refractivity contribution in [3.05, 3.63) is 35.4 Å². The molecule has 2 N–H and O–H groups in total. The topological polar surface area (TPSA) is 66.4 Å². The number of carbonyl (C=O) groups is 2. The van der Waals surface area contributed by atoms with Crippen molar-refractivity contribution in [3.63, 3.8) is 0 Å². The molecule has 0 spiro atoms. The minimum Gasteiger partial charge on any atom is -0.481 e. The van der Waals surface area contributed by atoms with E-state index in [0.717, 1.165) is 11.1 Å². The molecule has 0 aliphatic rings. The maximum atomic E-state index is 11.1. The van der Waals surface area contributed by atoms with E-state index in [0.29, 0.717) is 6.42 Å². The molecule has 1 rings (SSSR count). The van der Waals surface area contributed by atoms with Crippen LogP contribution in [0.15, 0.2) is 24.3 Å². The summed E-state index contributed by atoms with van der Waals surface area (Å²) in [7, 11) is 0. The second kappa shape index (κ2) is 6.03. The molecule has 1 aromatic rings. The molecule has 4 heteroatoms. The predicted molar refractivity (Wildman–Crippen MR) is 64.7 cm³/mol. The molecule has 4 nitrogen and oxygen atoms in total. The van der Waals surface area contributed by atoms with Crippen LogP contribution in [0, 0.1) is 12.8 Å². The molecule has 0 aliphatic heterocycles. The van der Waals surface area contributed by atoms with Gasteiger partial charge in [0.25, 0.3) is 0 Å². The van der Waals surface area contributed by atoms with Gasteiger partial charge in [0.15, 0.2) is 0 Å². The molecular weight excluding hydrogens is 218 g/mol. The number of hydrogen-bond donors (Lipinski definition) is 2. The highest BCUT2D eigenvalue weighted by molar-refractivity contribution is 5.75. The minimum atomic E-state index is -0.889. The van der Waals surface area contributed by atoms with Crippen molar-refractivity contribution in [2.45, 2.75) is 20.3 Å². The fourth-order valence-electron chi connectivity index (χ4n) is 1.64. The van der Waals surface area contributed by atoms with Gasteiger partial charge in [-0.1, -0.05) is 29.8 Å². The maximum Gasteiger partial charge on any atom is 0.308 e. The molecule has 0 aromatic heterocycles. The average Bonchev–Trinajstić information content (AvgIpc) is 2.23. The zero-order valence-electron chi connectivity index (χ0n) is 10.1. The van der Waals surface area contributed by atoms with Crippen LogP contribution in [-0.2, 0) is 16.0 Å². The molecule has 1 aromatic carbocycles. The third-order valence-electron chi connectivity index (χ3n) is 2.51. The Kier molecular flexibility index (Phi) is 4.69. The van der Waals surface area contributed by atoms with Crippen LogP contribution >= 0.6 is 0 Å². The Morgan fingerprint density at radius 3 is 2.65 bits per heavy atom. The SMILES string of the molecule is CC(=O)NC[C@@H](Cc1cccc(C)c1)C(=O)O. The third kappa shape index (κ3) is 4.68. The van der Waals surface area contributed by atoms with Gasteiger partial charge in [-0.3, -0.25) is 9.59 Å². The second-order valence-electron chi connectivity index (χ2n) is 4.17. The largest absolute Gasteiger partial charge is 0.481 e. The average molecular weight is 235 g/mol. The number of carboxylic acid groups (broad SMARTS) is 1. The van der Waals surface area contributed by atoms with Gasteiger partial charge in [-0.05, 0) is 18.9 Å². The number of carboxylic acids is 1. The Morgan fingerprint density at radius 2 is 2.12 bits per heavy atom. The highest BCUT2D eigenvalue weighted by Gasteiger charge is 2.18. The molecule has 0 saturated heterocycles. The first-order chi connectivity index (χ1) is 7.99. The highest BCUT2D eigenvalue weighted by Crippen LogP contribution is 2.10. The number of amides is 1. The van der Waals surface area contributed by atoms with E-state index in [1.54, 1.807) is 0 Å². The number of rotatable bonds is 5. The van der Waals surface area contributed by atoms with Gasteiger partial charge >= 0.3 is 5.97 Å². The fraction of sp³-hybridized carbons (Fsp3) is 0.385. The van der Waals surface area contributed by atoms with Crippen LogP contribution in [0.5, 0.6) is 0 Å². The van der Waals surface area contributed by atoms with E-state index in [-0.39, 0.29) is 12.5 Å². The molecule has 17 heavy (non-hydrogen) atoms. The van der Waals surface area contributed by atoms with Gasteiger partial charge < -0.3 is 10.4 Å². The van der Waals surface area contributed by atoms with E-state index in [1.807, 2.05) is 31.2 Å². The lowest BCUT2D eigenvalue weighted by Crippen LogP contribution is -2.32. The minimum absolute atomic E-state index is 0.165. The van der Waals surface area contributed by atoms with E-state index in [1.165, 1.54) is 6.92 Å². The van der Waals surface area contributed by atoms with Gasteiger partial charge in [0.05, 0.1) is 5.92 Å². The summed E-state index contributed by atoms with van der Waals surface area (Å²) in [4.78, 5) is 21.8. The van der Waals surface area contributed by atoms with Crippen molar-refractivity contribution in [2.75, 3.05) is 6.54 Å². The Labute approximate surface area is 101 Å². The number of nitrogens with one attached hydrogen (secondary N) is 1. The van der Waals surface area contributed by atoms with Crippen LogP contribution in [0.2, 0.25) is 0 Å². The molecule has 0 unspecified atom stereocenters. The Balaban J connectivity index is 2.66. The number of aliphatic carboxylic acids is 1. The number of benzene rings is 1. The standard InChI is InChI=1S/C13H17NO3/c1-9-4-3-5-11(6-9)7-12(13(16)17)8-14-10(2)15/h3-6,12H,7-8H2,1-2H3,(H,14,15)(H,16,17)/t12-/m1/s1. The van der Waals surface area contributed by atoms with E-state index in [4.69, 9.17) is 5.11 Å². The van der Waals surface area contributed by atoms with Gasteiger partial charge in [-0.2, -0.15) is 0 Å². The van der Waals surface area contributed by atoms with Crippen LogP contribution in [0.25, 0.3) is 0 Å². The van der Waals surface area contributed by atoms with Gasteiger partial charge in [0.2, 0.25) is 5.91 Å². The summed E-state index contributed by atoms with van der Waals surface area (Å²) in [6.45, 7) is 3.51. The van der Waals surface area contributed by atoms with Crippen molar-refractivity contribution in [3.8, 4) is 0 Å². The Hall–Kier alpha value is -1.84. The highest BCUT2D eigenvalue weighted by atomic mass is 16.4. The second-order valence-corrected chi connectivity index (χ2v) is 4.17. The molecule has 0 heterocycles. The molecule has 0 bridgehead atoms. The molecule has 0 fully saturated rings. The summed E-state index contributed by atoms with van der Waals surface area (Å²) >= 11 is 0. The zero-order valence-corrected chi connectivity index (χ0v) is 10.1. The summed E-state index contributed by atoms with van der Waals surface area (Å²) in [6.07, 6.45) is 0.428. The van der Waals surface area contributed by atoms with Crippen LogP contribution in [0.3, 0.4) is 0 Å². The molecule has 0 radical (unpaired) electrons. The molecule has 0 saturated carbocycles. The smallest absolute Gasteiger partial charge is 0.308 e. The first-order valence-electron chi connectivity index (χ1n) is 5.52. The lowest BCUT2D eigenvalue weighted by atomic mass is 9.98. The van der Waals surface area contributed by atoms with Crippen molar-refractivity contribution < 1.29 is 14.7 Å². The third-order valence-corrected chi connectivity index (χ3v) is 2.51. The van der Waals surface area contributed by atoms with E-state index < -0.39 is 11.9 Å². The zero-order chi connectivity index (χ0) is 12.8. The lowest BCUT2D eigenvalue weighted by Gasteiger charge is -2.13. The van der Waals surface area contributed by atoms with Gasteiger partial charge in [-0.25, -0.2) is 0 Å². The van der Waals surface area contributed by atoms with E-state index in [2.05, 4.69) is 5.32 Å². The number of hydrogen-bond acceptors (Lipinski definition) is 2. The fourth-order valence-corrected chi connectivity index (χ4v) is 1.64. The lowest BCUT2D eigenvalue weighted by molar-refractivity contribution is -0.141. The summed E-state index contributed by atoms with van der Waals surface area (Å²) in [5, 5.41) is 11.6. The quantitative estimate of drug-likeness (QED) is 0.810. The van der Waals surface area contributed by atoms with E-state index >= 15 is 0 Å². The Morgan fingerprint density at radius 1 is 1.41 bits per heavy atom. The monoisotopic (exact) mass is 235 g/mol. The van der Waals surface area contributed by atoms with Crippen molar-refractivity contribution in [1.82, 2.24) is 5.32 Å². The summed E-state index contributed by atoms with van der Waals surface area (Å²) < 4.78 is 0. The van der Waals surface area contributed by atoms with Gasteiger partial charge in [0, 0.05) is 13.5 Å². The molecule has 1 atom stereocenters. The first kappa shape index (κ1) is 13.2. The predicted octanol–water partition coefficient (Wildman–Crippen LogP) is 1.37. The summed E-state index contributed by atoms with van der Waals surface area (Å²) in [5.74, 6) is -1.68. The number of aryl methyl sites for hydroxylation is 1. The van der Waals surface area contributed by atoms with Gasteiger partial charge in [-0.15, -0.1) is 0 Å². The van der Waals surface area contributed by atoms with Crippen molar-refractivity contribution in [2.24, 2.45) is 5.92 Å². The summed E-state index contributed by atoms with van der Waals surface area (Å²) in [5.41, 5.74) is 2.08. The van der Waals surface area contributed by atoms with E-state index in [9.17, 15) is 9.59 Å². The molecule has 0 aliphatic carbocycles. The normalized spacial score (nSPS) is 11.9. The molecule has 92 valence electrons. The first-order valence-corrected chi connectivity index (χ1v) is 5.52. The summed E-state index contributed by atoms with van der Waals surface area (Å²) in [6, 6.07) is 7.73. The molecular formula is C13H17NO3. The maximum absolute atomic E-state index is 11.1. The van der Waals surface area contributed by atoms with Crippen LogP contribution in [-0.4, -0.2) is 23.5 Å². The van der Waals surface area contributed by atoms with Crippen LogP contribution < -0.4 is 5.32 Å². The molecule has 1 amide bonds. The van der Waals surface area contributed by atoms with Crippen LogP contribution in [0.1, 0.15) is 18.1 Å². The number of carbonyl (C=O) groups excluding carboxylic acids is 1. The van der Waals surface area contributed by atoms with Crippen molar-refractivity contribution in [1.29, 1.82) is 0 Å².